The van der Waals surface area contributed by atoms with Gasteiger partial charge in [-0.05, 0) is 36.1 Å². The number of nitrogens with one attached hydrogen (secondary N) is 2. The third kappa shape index (κ3) is 3.62. The van der Waals surface area contributed by atoms with E-state index in [0.29, 0.717) is 18.5 Å². The van der Waals surface area contributed by atoms with Gasteiger partial charge in [0.25, 0.3) is 0 Å². The molecule has 2 aliphatic rings. The molecule has 1 aromatic rings. The van der Waals surface area contributed by atoms with Crippen molar-refractivity contribution in [3.8, 4) is 0 Å². The van der Waals surface area contributed by atoms with Crippen molar-refractivity contribution in [2.24, 2.45) is 5.92 Å². The van der Waals surface area contributed by atoms with Crippen LogP contribution in [0.1, 0.15) is 17.9 Å². The van der Waals surface area contributed by atoms with Crippen molar-refractivity contribution in [3.63, 3.8) is 0 Å². The van der Waals surface area contributed by atoms with Crippen LogP contribution in [0.5, 0.6) is 0 Å². The highest BCUT2D eigenvalue weighted by Crippen LogP contribution is 2.48. The van der Waals surface area contributed by atoms with Crippen LogP contribution in [0.15, 0.2) is 18.2 Å². The van der Waals surface area contributed by atoms with Crippen LogP contribution in [-0.4, -0.2) is 50.1 Å². The monoisotopic (exact) mass is 309 g/mol. The van der Waals surface area contributed by atoms with Crippen molar-refractivity contribution in [1.29, 1.82) is 0 Å². The van der Waals surface area contributed by atoms with E-state index in [1.807, 2.05) is 0 Å². The molecule has 1 heterocycles. The highest BCUT2D eigenvalue weighted by Gasteiger charge is 2.45. The van der Waals surface area contributed by atoms with Crippen molar-refractivity contribution in [1.82, 2.24) is 15.5 Å². The van der Waals surface area contributed by atoms with E-state index in [0.717, 1.165) is 44.9 Å². The van der Waals surface area contributed by atoms with Gasteiger partial charge in [-0.3, -0.25) is 9.69 Å². The Morgan fingerprint density at radius 3 is 2.86 bits per heavy atom. The normalized spacial score (nSPS) is 25.0. The number of carbonyl (C=O) groups is 1. The molecule has 0 radical (unpaired) electrons. The Hall–Kier alpha value is -1.53. The number of benzene rings is 1. The second-order valence-electron chi connectivity index (χ2n) is 6.00. The molecule has 0 bridgehead atoms. The number of carbonyl (C=O) groups excluding carboxylic acids is 1. The molecule has 120 valence electrons. The molecule has 2 fully saturated rings. The van der Waals surface area contributed by atoms with E-state index in [1.54, 1.807) is 0 Å². The molecule has 1 amide bonds. The third-order valence-electron chi connectivity index (χ3n) is 4.42. The van der Waals surface area contributed by atoms with Crippen LogP contribution in [0.25, 0.3) is 0 Å². The molecular weight excluding hydrogens is 288 g/mol. The number of amides is 1. The lowest BCUT2D eigenvalue weighted by atomic mass is 10.1. The highest BCUT2D eigenvalue weighted by molar-refractivity contribution is 5.82. The summed E-state index contributed by atoms with van der Waals surface area (Å²) in [5.74, 6) is -1.35. The van der Waals surface area contributed by atoms with E-state index < -0.39 is 11.6 Å². The van der Waals surface area contributed by atoms with Gasteiger partial charge in [-0.2, -0.15) is 0 Å². The van der Waals surface area contributed by atoms with E-state index in [4.69, 9.17) is 0 Å². The van der Waals surface area contributed by atoms with Crippen molar-refractivity contribution in [3.05, 3.63) is 35.4 Å². The Balaban J connectivity index is 1.45. The first-order valence-electron chi connectivity index (χ1n) is 7.81. The summed E-state index contributed by atoms with van der Waals surface area (Å²) in [6.45, 7) is 5.40. The summed E-state index contributed by atoms with van der Waals surface area (Å²) >= 11 is 0. The standard InChI is InChI=1S/C16H21F2N3O/c17-11-1-2-15(18)13(9-11)12-10-14(12)16(22)20-5-8-21-6-3-19-4-7-21/h1-2,9,12,14,19H,3-8,10H2,(H,20,22). The van der Waals surface area contributed by atoms with Crippen LogP contribution in [0.2, 0.25) is 0 Å². The summed E-state index contributed by atoms with van der Waals surface area (Å²) < 4.78 is 26.9. The molecule has 0 spiro atoms. The summed E-state index contributed by atoms with van der Waals surface area (Å²) in [5.41, 5.74) is 0.322. The van der Waals surface area contributed by atoms with Crippen molar-refractivity contribution in [2.75, 3.05) is 39.3 Å². The number of hydrogen-bond acceptors (Lipinski definition) is 3. The largest absolute Gasteiger partial charge is 0.355 e. The molecular formula is C16H21F2N3O. The Labute approximate surface area is 128 Å². The molecule has 1 saturated carbocycles. The van der Waals surface area contributed by atoms with E-state index in [-0.39, 0.29) is 17.7 Å². The molecule has 1 aliphatic heterocycles. The minimum atomic E-state index is -0.457. The minimum absolute atomic E-state index is 0.0520. The predicted molar refractivity (Wildman–Crippen MR) is 79.5 cm³/mol. The molecule has 6 heteroatoms. The van der Waals surface area contributed by atoms with E-state index in [9.17, 15) is 13.6 Å². The molecule has 1 aliphatic carbocycles. The van der Waals surface area contributed by atoms with Gasteiger partial charge in [0.1, 0.15) is 11.6 Å². The molecule has 2 N–H and O–H groups in total. The molecule has 1 saturated heterocycles. The van der Waals surface area contributed by atoms with Gasteiger partial charge < -0.3 is 10.6 Å². The van der Waals surface area contributed by atoms with Crippen LogP contribution in [0.4, 0.5) is 8.78 Å². The number of halogens is 2. The highest BCUT2D eigenvalue weighted by atomic mass is 19.1. The van der Waals surface area contributed by atoms with Gasteiger partial charge in [0, 0.05) is 45.2 Å². The molecule has 0 aromatic heterocycles. The topological polar surface area (TPSA) is 44.4 Å². The van der Waals surface area contributed by atoms with Gasteiger partial charge in [0.05, 0.1) is 0 Å². The Morgan fingerprint density at radius 2 is 2.09 bits per heavy atom. The molecule has 22 heavy (non-hydrogen) atoms. The SMILES string of the molecule is O=C(NCCN1CCNCC1)C1CC1c1cc(F)ccc1F. The van der Waals surface area contributed by atoms with Crippen LogP contribution in [0.3, 0.4) is 0 Å². The molecule has 3 rings (SSSR count). The van der Waals surface area contributed by atoms with Gasteiger partial charge in [-0.1, -0.05) is 0 Å². The first-order chi connectivity index (χ1) is 10.6. The second-order valence-corrected chi connectivity index (χ2v) is 6.00. The Morgan fingerprint density at radius 1 is 1.32 bits per heavy atom. The summed E-state index contributed by atoms with van der Waals surface area (Å²) in [4.78, 5) is 14.4. The van der Waals surface area contributed by atoms with Crippen LogP contribution < -0.4 is 10.6 Å². The van der Waals surface area contributed by atoms with Crippen molar-refractivity contribution < 1.29 is 13.6 Å². The average Bonchev–Trinajstić information content (AvgIpc) is 3.31. The Kier molecular flexibility index (Phi) is 4.69. The molecule has 2 atom stereocenters. The van der Waals surface area contributed by atoms with Crippen molar-refractivity contribution >= 4 is 5.91 Å². The summed E-state index contributed by atoms with van der Waals surface area (Å²) in [6.07, 6.45) is 0.597. The van der Waals surface area contributed by atoms with Crippen LogP contribution in [-0.2, 0) is 4.79 Å². The van der Waals surface area contributed by atoms with Gasteiger partial charge >= 0.3 is 0 Å². The van der Waals surface area contributed by atoms with E-state index in [2.05, 4.69) is 15.5 Å². The Bertz CT molecular complexity index is 546. The summed E-state index contributed by atoms with van der Waals surface area (Å²) in [6, 6.07) is 3.43. The lowest BCUT2D eigenvalue weighted by Crippen LogP contribution is -2.46. The fraction of sp³-hybridized carbons (Fsp3) is 0.562. The van der Waals surface area contributed by atoms with Crippen LogP contribution in [0, 0.1) is 17.6 Å². The molecule has 4 nitrogen and oxygen atoms in total. The fourth-order valence-electron chi connectivity index (χ4n) is 3.03. The van der Waals surface area contributed by atoms with Gasteiger partial charge in [-0.15, -0.1) is 0 Å². The first kappa shape index (κ1) is 15.4. The zero-order valence-electron chi connectivity index (χ0n) is 12.4. The zero-order valence-corrected chi connectivity index (χ0v) is 12.4. The number of nitrogens with zero attached hydrogens (tertiary/aromatic N) is 1. The maximum absolute atomic E-state index is 13.7. The maximum atomic E-state index is 13.7. The van der Waals surface area contributed by atoms with Crippen molar-refractivity contribution in [2.45, 2.75) is 12.3 Å². The minimum Gasteiger partial charge on any atom is -0.355 e. The lowest BCUT2D eigenvalue weighted by molar-refractivity contribution is -0.122. The van der Waals surface area contributed by atoms with E-state index in [1.165, 1.54) is 6.07 Å². The fourth-order valence-corrected chi connectivity index (χ4v) is 3.03. The summed E-state index contributed by atoms with van der Waals surface area (Å²) in [5, 5.41) is 6.19. The maximum Gasteiger partial charge on any atom is 0.223 e. The van der Waals surface area contributed by atoms with Crippen LogP contribution >= 0.6 is 0 Å². The summed E-state index contributed by atoms with van der Waals surface area (Å²) in [7, 11) is 0. The first-order valence-corrected chi connectivity index (χ1v) is 7.81. The second kappa shape index (κ2) is 6.71. The zero-order chi connectivity index (χ0) is 15.5. The van der Waals surface area contributed by atoms with Gasteiger partial charge in [0.15, 0.2) is 0 Å². The smallest absolute Gasteiger partial charge is 0.223 e. The number of hydrogen-bond donors (Lipinski definition) is 2. The quantitative estimate of drug-likeness (QED) is 0.856. The third-order valence-corrected chi connectivity index (χ3v) is 4.42. The number of rotatable bonds is 5. The molecule has 2 unspecified atom stereocenters. The van der Waals surface area contributed by atoms with Gasteiger partial charge in [0.2, 0.25) is 5.91 Å². The predicted octanol–water partition coefficient (Wildman–Crippen LogP) is 1.09. The molecule has 1 aromatic carbocycles. The average molecular weight is 309 g/mol. The number of piperazine rings is 1. The van der Waals surface area contributed by atoms with Gasteiger partial charge in [-0.25, -0.2) is 8.78 Å². The lowest BCUT2D eigenvalue weighted by Gasteiger charge is -2.27. The van der Waals surface area contributed by atoms with E-state index >= 15 is 0 Å².